The van der Waals surface area contributed by atoms with Crippen molar-refractivity contribution in [2.24, 2.45) is 5.92 Å². The van der Waals surface area contributed by atoms with Gasteiger partial charge in [-0.15, -0.1) is 0 Å². The largest absolute Gasteiger partial charge is 0.400 e. The highest BCUT2D eigenvalue weighted by Gasteiger charge is 2.33. The molecule has 1 unspecified atom stereocenters. The van der Waals surface area contributed by atoms with E-state index in [0.717, 1.165) is 42.1 Å². The molecule has 1 aliphatic rings. The van der Waals surface area contributed by atoms with Crippen LogP contribution in [0, 0.1) is 21.8 Å². The van der Waals surface area contributed by atoms with Gasteiger partial charge in [0.2, 0.25) is 5.82 Å². The molecule has 3 aromatic rings. The molecule has 9 heteroatoms. The van der Waals surface area contributed by atoms with Crippen LogP contribution in [0.15, 0.2) is 30.5 Å². The monoisotopic (exact) mass is 426 g/mol. The number of H-pyrrole nitrogens is 1. The van der Waals surface area contributed by atoms with Crippen molar-refractivity contribution in [3.05, 3.63) is 57.8 Å². The summed E-state index contributed by atoms with van der Waals surface area (Å²) in [6.07, 6.45) is 5.42. The van der Waals surface area contributed by atoms with E-state index in [4.69, 9.17) is 4.74 Å². The molecule has 0 spiro atoms. The van der Waals surface area contributed by atoms with Crippen molar-refractivity contribution < 1.29 is 18.8 Å². The number of carbonyl (C=O) groups excluding carboxylic acids is 1. The van der Waals surface area contributed by atoms with Crippen LogP contribution < -0.4 is 4.74 Å². The van der Waals surface area contributed by atoms with Gasteiger partial charge in [0.1, 0.15) is 5.82 Å². The Morgan fingerprint density at radius 2 is 2.03 bits per heavy atom. The zero-order valence-corrected chi connectivity index (χ0v) is 17.3. The summed E-state index contributed by atoms with van der Waals surface area (Å²) in [7, 11) is 0. The number of fused-ring (bicyclic) bond motifs is 1. The van der Waals surface area contributed by atoms with Gasteiger partial charge in [-0.1, -0.05) is 6.92 Å². The highest BCUT2D eigenvalue weighted by Crippen LogP contribution is 2.43. The predicted molar refractivity (Wildman–Crippen MR) is 111 cm³/mol. The minimum atomic E-state index is -0.657. The third-order valence-electron chi connectivity index (χ3n) is 6.18. The minimum Gasteiger partial charge on any atom is -0.400 e. The number of imidazole rings is 1. The number of aromatic amines is 1. The summed E-state index contributed by atoms with van der Waals surface area (Å²) in [5.41, 5.74) is 1.90. The molecular weight excluding hydrogens is 403 g/mol. The molecule has 0 bridgehead atoms. The quantitative estimate of drug-likeness (QED) is 0.349. The van der Waals surface area contributed by atoms with Gasteiger partial charge in [-0.05, 0) is 72.3 Å². The third-order valence-corrected chi connectivity index (χ3v) is 6.18. The maximum absolute atomic E-state index is 13.8. The highest BCUT2D eigenvalue weighted by molar-refractivity contribution is 5.82. The van der Waals surface area contributed by atoms with Crippen LogP contribution in [-0.2, 0) is 4.79 Å². The lowest BCUT2D eigenvalue weighted by molar-refractivity contribution is -0.390. The number of halogens is 1. The van der Waals surface area contributed by atoms with E-state index >= 15 is 0 Å². The second-order valence-electron chi connectivity index (χ2n) is 8.09. The van der Waals surface area contributed by atoms with Gasteiger partial charge in [0.25, 0.3) is 0 Å². The van der Waals surface area contributed by atoms with Crippen molar-refractivity contribution in [2.75, 3.05) is 0 Å². The van der Waals surface area contributed by atoms with Gasteiger partial charge < -0.3 is 14.9 Å². The summed E-state index contributed by atoms with van der Waals surface area (Å²) >= 11 is 0. The van der Waals surface area contributed by atoms with Crippen LogP contribution in [0.5, 0.6) is 5.88 Å². The Balaban J connectivity index is 1.50. The number of carbonyl (C=O) groups is 1. The first-order valence-electron chi connectivity index (χ1n) is 10.3. The zero-order valence-electron chi connectivity index (χ0n) is 17.3. The number of nitrogens with zero attached hydrogens (tertiary/aromatic N) is 3. The number of aromatic nitrogens is 3. The second-order valence-corrected chi connectivity index (χ2v) is 8.09. The predicted octanol–water partition coefficient (Wildman–Crippen LogP) is 5.01. The van der Waals surface area contributed by atoms with Crippen LogP contribution in [-0.4, -0.2) is 25.8 Å². The number of nitro groups is 1. The Morgan fingerprint density at radius 3 is 2.71 bits per heavy atom. The smallest absolute Gasteiger partial charge is 0.385 e. The maximum atomic E-state index is 13.8. The number of hydrogen-bond acceptors (Lipinski definition) is 6. The van der Waals surface area contributed by atoms with E-state index in [-0.39, 0.29) is 23.5 Å². The number of benzene rings is 1. The van der Waals surface area contributed by atoms with Crippen molar-refractivity contribution in [1.82, 2.24) is 15.0 Å². The number of esters is 1. The van der Waals surface area contributed by atoms with Crippen molar-refractivity contribution >= 4 is 22.7 Å². The SMILES string of the molecule is CC(=O)Oc1nc(C(C)[C@H]2CC[C@@H](c3ccnc4ccc(F)cc43)CC2)[nH]c1[N+](=O)[O-]. The minimum absolute atomic E-state index is 0.0596. The number of rotatable bonds is 5. The first-order valence-corrected chi connectivity index (χ1v) is 10.3. The summed E-state index contributed by atoms with van der Waals surface area (Å²) in [6, 6.07) is 6.64. The van der Waals surface area contributed by atoms with E-state index in [0.29, 0.717) is 11.7 Å². The molecule has 1 aromatic carbocycles. The molecule has 1 N–H and O–H groups in total. The van der Waals surface area contributed by atoms with Gasteiger partial charge >= 0.3 is 17.7 Å². The van der Waals surface area contributed by atoms with Gasteiger partial charge in [0.15, 0.2) is 0 Å². The van der Waals surface area contributed by atoms with Gasteiger partial charge in [-0.3, -0.25) is 9.78 Å². The standard InChI is InChI=1S/C22H23FN4O4/c1-12(20-25-21(27(29)30)22(26-20)31-13(2)28)14-3-5-15(6-4-14)17-9-10-24-19-8-7-16(23)11-18(17)19/h7-12,14-15H,3-6H2,1-2H3,(H,25,26)/t12?,14-,15+. The van der Waals surface area contributed by atoms with Crippen LogP contribution in [0.25, 0.3) is 10.9 Å². The topological polar surface area (TPSA) is 111 Å². The molecule has 0 saturated heterocycles. The molecule has 1 aliphatic carbocycles. The maximum Gasteiger partial charge on any atom is 0.385 e. The molecule has 0 aliphatic heterocycles. The zero-order chi connectivity index (χ0) is 22.1. The van der Waals surface area contributed by atoms with Gasteiger partial charge in [0, 0.05) is 24.4 Å². The Hall–Kier alpha value is -3.36. The van der Waals surface area contributed by atoms with Crippen LogP contribution in [0.3, 0.4) is 0 Å². The van der Waals surface area contributed by atoms with Crippen LogP contribution in [0.2, 0.25) is 0 Å². The number of ether oxygens (including phenoxy) is 1. The third kappa shape index (κ3) is 4.26. The average Bonchev–Trinajstić information content (AvgIpc) is 3.16. The Kier molecular flexibility index (Phi) is 5.67. The van der Waals surface area contributed by atoms with Crippen LogP contribution in [0.4, 0.5) is 10.2 Å². The fraction of sp³-hybridized carbons (Fsp3) is 0.409. The van der Waals surface area contributed by atoms with Crippen molar-refractivity contribution in [1.29, 1.82) is 0 Å². The summed E-state index contributed by atoms with van der Waals surface area (Å²) in [5, 5.41) is 12.1. The molecule has 0 radical (unpaired) electrons. The summed E-state index contributed by atoms with van der Waals surface area (Å²) in [4.78, 5) is 33.1. The molecule has 1 atom stereocenters. The Morgan fingerprint density at radius 1 is 1.29 bits per heavy atom. The van der Waals surface area contributed by atoms with Crippen LogP contribution in [0.1, 0.15) is 62.8 Å². The number of nitrogens with one attached hydrogen (secondary N) is 1. The van der Waals surface area contributed by atoms with Gasteiger partial charge in [-0.2, -0.15) is 4.98 Å². The molecule has 1 fully saturated rings. The van der Waals surface area contributed by atoms with E-state index in [1.165, 1.54) is 13.0 Å². The van der Waals surface area contributed by atoms with Gasteiger partial charge in [-0.25, -0.2) is 9.37 Å². The first kappa shape index (κ1) is 20.9. The molecule has 2 aromatic heterocycles. The van der Waals surface area contributed by atoms with E-state index in [9.17, 15) is 19.3 Å². The highest BCUT2D eigenvalue weighted by atomic mass is 19.1. The Bertz CT molecular complexity index is 1140. The van der Waals surface area contributed by atoms with E-state index < -0.39 is 16.7 Å². The van der Waals surface area contributed by atoms with Gasteiger partial charge in [0.05, 0.1) is 5.52 Å². The summed E-state index contributed by atoms with van der Waals surface area (Å²) in [6.45, 7) is 3.15. The van der Waals surface area contributed by atoms with E-state index in [2.05, 4.69) is 15.0 Å². The van der Waals surface area contributed by atoms with Crippen LogP contribution >= 0.6 is 0 Å². The molecule has 31 heavy (non-hydrogen) atoms. The number of hydrogen-bond donors (Lipinski definition) is 1. The van der Waals surface area contributed by atoms with E-state index in [1.807, 2.05) is 13.0 Å². The lowest BCUT2D eigenvalue weighted by Gasteiger charge is -2.31. The van der Waals surface area contributed by atoms with Crippen molar-refractivity contribution in [3.8, 4) is 5.88 Å². The lowest BCUT2D eigenvalue weighted by atomic mass is 9.73. The molecule has 8 nitrogen and oxygen atoms in total. The molecule has 162 valence electrons. The number of pyridine rings is 1. The molecule has 1 saturated carbocycles. The molecule has 4 rings (SSSR count). The Labute approximate surface area is 178 Å². The van der Waals surface area contributed by atoms with Crippen molar-refractivity contribution in [3.63, 3.8) is 0 Å². The first-order chi connectivity index (χ1) is 14.8. The normalized spacial score (nSPS) is 19.8. The summed E-state index contributed by atoms with van der Waals surface area (Å²) in [5.74, 6) is -0.662. The molecule has 2 heterocycles. The molecular formula is C22H23FN4O4. The van der Waals surface area contributed by atoms with Crippen molar-refractivity contribution in [2.45, 2.75) is 51.4 Å². The lowest BCUT2D eigenvalue weighted by Crippen LogP contribution is -2.19. The summed E-state index contributed by atoms with van der Waals surface area (Å²) < 4.78 is 18.7. The fourth-order valence-corrected chi connectivity index (χ4v) is 4.56. The average molecular weight is 426 g/mol. The van der Waals surface area contributed by atoms with E-state index in [1.54, 1.807) is 18.3 Å². The second kappa shape index (κ2) is 8.41. The fourth-order valence-electron chi connectivity index (χ4n) is 4.56. The molecule has 0 amide bonds.